The van der Waals surface area contributed by atoms with Crippen LogP contribution in [0.1, 0.15) is 41.0 Å². The van der Waals surface area contributed by atoms with E-state index in [1.165, 1.54) is 6.92 Å². The van der Waals surface area contributed by atoms with Gasteiger partial charge < -0.3 is 10.5 Å². The van der Waals surface area contributed by atoms with Gasteiger partial charge >= 0.3 is 5.97 Å². The maximum atomic E-state index is 10.8. The minimum atomic E-state index is -0.671. The first-order valence-corrected chi connectivity index (χ1v) is 4.85. The van der Waals surface area contributed by atoms with E-state index >= 15 is 0 Å². The van der Waals surface area contributed by atoms with Crippen LogP contribution in [0.25, 0.3) is 0 Å². The predicted octanol–water partition coefficient (Wildman–Crippen LogP) is 1.48. The zero-order chi connectivity index (χ0) is 11.4. The minimum absolute atomic E-state index is 0.0683. The summed E-state index contributed by atoms with van der Waals surface area (Å²) in [5.41, 5.74) is 5.28. The largest absolute Gasteiger partial charge is 0.410 e. The molecule has 14 heavy (non-hydrogen) atoms. The number of rotatable bonds is 3. The lowest BCUT2D eigenvalue weighted by molar-refractivity contribution is -0.133. The molecule has 0 aliphatic rings. The third kappa shape index (κ3) is 4.37. The number of nitrogens with two attached hydrogens (primary N) is 1. The van der Waals surface area contributed by atoms with Gasteiger partial charge in [0.15, 0.2) is 0 Å². The average molecular weight is 200 g/mol. The van der Waals surface area contributed by atoms with E-state index in [0.29, 0.717) is 12.3 Å². The Morgan fingerprint density at radius 2 is 2.07 bits per heavy atom. The van der Waals surface area contributed by atoms with Crippen LogP contribution in [0.5, 0.6) is 0 Å². The van der Waals surface area contributed by atoms with Crippen molar-refractivity contribution in [3.63, 3.8) is 0 Å². The number of nitrogens with zero attached hydrogens (tertiary/aromatic N) is 1. The fraction of sp³-hybridized carbons (Fsp3) is 0.800. The Morgan fingerprint density at radius 1 is 1.57 bits per heavy atom. The fourth-order valence-corrected chi connectivity index (χ4v) is 0.812. The van der Waals surface area contributed by atoms with Gasteiger partial charge in [0.25, 0.3) is 0 Å². The molecule has 4 nitrogen and oxygen atoms in total. The molecule has 0 fully saturated rings. The number of carbonyl (C=O) groups excluding carboxylic acids is 1. The van der Waals surface area contributed by atoms with Gasteiger partial charge in [0.05, 0.1) is 5.54 Å². The lowest BCUT2D eigenvalue weighted by Crippen LogP contribution is -2.46. The SMILES string of the molecule is CCC(C)(N)/C(=N/C(C)C)OC(C)=O. The summed E-state index contributed by atoms with van der Waals surface area (Å²) in [4.78, 5) is 15.0. The number of ether oxygens (including phenoxy) is 1. The van der Waals surface area contributed by atoms with Crippen molar-refractivity contribution in [2.75, 3.05) is 0 Å². The maximum absolute atomic E-state index is 10.8. The van der Waals surface area contributed by atoms with Gasteiger partial charge in [0, 0.05) is 13.0 Å². The Balaban J connectivity index is 4.81. The molecule has 0 saturated carbocycles. The van der Waals surface area contributed by atoms with Gasteiger partial charge in [-0.2, -0.15) is 0 Å². The zero-order valence-electron chi connectivity index (χ0n) is 9.63. The number of carbonyl (C=O) groups is 1. The molecule has 0 aromatic carbocycles. The molecule has 0 aromatic rings. The third-order valence-corrected chi connectivity index (χ3v) is 1.84. The summed E-state index contributed by atoms with van der Waals surface area (Å²) in [6.07, 6.45) is 0.672. The van der Waals surface area contributed by atoms with Crippen LogP contribution < -0.4 is 5.73 Å². The first-order valence-electron chi connectivity index (χ1n) is 4.85. The molecule has 1 unspecified atom stereocenters. The van der Waals surface area contributed by atoms with E-state index < -0.39 is 5.54 Å². The van der Waals surface area contributed by atoms with Crippen LogP contribution in [0.15, 0.2) is 4.99 Å². The highest BCUT2D eigenvalue weighted by atomic mass is 16.5. The van der Waals surface area contributed by atoms with Crippen LogP contribution >= 0.6 is 0 Å². The Labute approximate surface area is 85.5 Å². The Morgan fingerprint density at radius 3 is 2.36 bits per heavy atom. The van der Waals surface area contributed by atoms with Crippen LogP contribution in [0.3, 0.4) is 0 Å². The molecule has 0 aromatic heterocycles. The molecule has 0 radical (unpaired) electrons. The molecule has 2 N–H and O–H groups in total. The van der Waals surface area contributed by atoms with E-state index in [9.17, 15) is 4.79 Å². The van der Waals surface area contributed by atoms with E-state index in [1.54, 1.807) is 6.92 Å². The summed E-state index contributed by atoms with van der Waals surface area (Å²) in [5, 5.41) is 0. The van der Waals surface area contributed by atoms with Crippen LogP contribution in [0, 0.1) is 0 Å². The van der Waals surface area contributed by atoms with Gasteiger partial charge in [-0.1, -0.05) is 6.92 Å². The van der Waals surface area contributed by atoms with Crippen molar-refractivity contribution in [1.29, 1.82) is 0 Å². The monoisotopic (exact) mass is 200 g/mol. The molecule has 82 valence electrons. The van der Waals surface area contributed by atoms with Crippen molar-refractivity contribution in [2.45, 2.75) is 52.6 Å². The van der Waals surface area contributed by atoms with Crippen LogP contribution in [-0.2, 0) is 9.53 Å². The molecule has 0 aliphatic carbocycles. The van der Waals surface area contributed by atoms with Gasteiger partial charge in [0.2, 0.25) is 5.90 Å². The second kappa shape index (κ2) is 5.10. The van der Waals surface area contributed by atoms with Crippen molar-refractivity contribution in [2.24, 2.45) is 10.7 Å². The highest BCUT2D eigenvalue weighted by Crippen LogP contribution is 2.10. The van der Waals surface area contributed by atoms with Gasteiger partial charge in [-0.3, -0.25) is 9.79 Å². The molecular weight excluding hydrogens is 180 g/mol. The predicted molar refractivity (Wildman–Crippen MR) is 57.2 cm³/mol. The number of aliphatic imine (C=N–C) groups is 1. The minimum Gasteiger partial charge on any atom is -0.410 e. The van der Waals surface area contributed by atoms with Crippen molar-refractivity contribution in [3.8, 4) is 0 Å². The van der Waals surface area contributed by atoms with Crippen LogP contribution in [-0.4, -0.2) is 23.4 Å². The lowest BCUT2D eigenvalue weighted by Gasteiger charge is -2.24. The summed E-state index contributed by atoms with van der Waals surface area (Å²) in [5.74, 6) is -0.0583. The Bertz CT molecular complexity index is 232. The fourth-order valence-electron chi connectivity index (χ4n) is 0.812. The van der Waals surface area contributed by atoms with Crippen LogP contribution in [0.2, 0.25) is 0 Å². The molecule has 0 bridgehead atoms. The van der Waals surface area contributed by atoms with E-state index in [1.807, 2.05) is 20.8 Å². The van der Waals surface area contributed by atoms with Crippen molar-refractivity contribution >= 4 is 11.9 Å². The van der Waals surface area contributed by atoms with Crippen molar-refractivity contribution in [1.82, 2.24) is 0 Å². The van der Waals surface area contributed by atoms with Crippen molar-refractivity contribution < 1.29 is 9.53 Å². The van der Waals surface area contributed by atoms with Gasteiger partial charge in [-0.15, -0.1) is 0 Å². The Kier molecular flexibility index (Phi) is 4.77. The van der Waals surface area contributed by atoms with Gasteiger partial charge in [0.1, 0.15) is 0 Å². The molecule has 0 saturated heterocycles. The molecular formula is C10H20N2O2. The summed E-state index contributed by atoms with van der Waals surface area (Å²) in [6, 6.07) is 0.0683. The second-order valence-electron chi connectivity index (χ2n) is 3.89. The smallest absolute Gasteiger partial charge is 0.309 e. The molecule has 1 atom stereocenters. The summed E-state index contributed by atoms with van der Waals surface area (Å²) in [6.45, 7) is 8.91. The molecule has 4 heteroatoms. The summed E-state index contributed by atoms with van der Waals surface area (Å²) in [7, 11) is 0. The van der Waals surface area contributed by atoms with E-state index in [2.05, 4.69) is 4.99 Å². The highest BCUT2D eigenvalue weighted by Gasteiger charge is 2.27. The molecule has 0 heterocycles. The molecule has 0 spiro atoms. The molecule has 0 rings (SSSR count). The van der Waals surface area contributed by atoms with E-state index in [4.69, 9.17) is 10.5 Å². The number of hydrogen-bond acceptors (Lipinski definition) is 4. The summed E-state index contributed by atoms with van der Waals surface area (Å²) >= 11 is 0. The van der Waals surface area contributed by atoms with Gasteiger partial charge in [-0.25, -0.2) is 0 Å². The topological polar surface area (TPSA) is 64.7 Å². The first-order chi connectivity index (χ1) is 6.29. The van der Waals surface area contributed by atoms with Gasteiger partial charge in [-0.05, 0) is 27.2 Å². The first kappa shape index (κ1) is 13.1. The lowest BCUT2D eigenvalue weighted by atomic mass is 10.0. The normalized spacial score (nSPS) is 16.6. The zero-order valence-corrected chi connectivity index (χ0v) is 9.63. The maximum Gasteiger partial charge on any atom is 0.309 e. The summed E-state index contributed by atoms with van der Waals surface area (Å²) < 4.78 is 5.00. The average Bonchev–Trinajstić information content (AvgIpc) is 2.01. The van der Waals surface area contributed by atoms with E-state index in [0.717, 1.165) is 0 Å². The van der Waals surface area contributed by atoms with E-state index in [-0.39, 0.29) is 12.0 Å². The molecule has 0 aliphatic heterocycles. The van der Waals surface area contributed by atoms with Crippen molar-refractivity contribution in [3.05, 3.63) is 0 Å². The number of esters is 1. The highest BCUT2D eigenvalue weighted by molar-refractivity contribution is 5.93. The second-order valence-corrected chi connectivity index (χ2v) is 3.89. The van der Waals surface area contributed by atoms with Crippen LogP contribution in [0.4, 0.5) is 0 Å². The molecule has 0 amide bonds. The standard InChI is InChI=1S/C10H20N2O2/c1-6-10(5,11)9(12-7(2)3)14-8(4)13/h7H,6,11H2,1-5H3/b12-9-. The third-order valence-electron chi connectivity index (χ3n) is 1.84. The number of hydrogen-bond donors (Lipinski definition) is 1. The Hall–Kier alpha value is -0.900. The quantitative estimate of drug-likeness (QED) is 0.426.